The van der Waals surface area contributed by atoms with Gasteiger partial charge in [-0.15, -0.1) is 0 Å². The Morgan fingerprint density at radius 2 is 2.06 bits per heavy atom. The third-order valence-corrected chi connectivity index (χ3v) is 2.69. The van der Waals surface area contributed by atoms with Gasteiger partial charge in [0.25, 0.3) is 0 Å². The van der Waals surface area contributed by atoms with Crippen LogP contribution in [0.5, 0.6) is 0 Å². The lowest BCUT2D eigenvalue weighted by atomic mass is 10.0. The van der Waals surface area contributed by atoms with Gasteiger partial charge in [0.1, 0.15) is 18.6 Å². The molecule has 1 aromatic rings. The maximum absolute atomic E-state index is 12.6. The molecule has 0 unspecified atom stereocenters. The Hall–Kier alpha value is -1.64. The van der Waals surface area contributed by atoms with Gasteiger partial charge in [-0.2, -0.15) is 0 Å². The topological polar surface area (TPSA) is 21.6 Å². The van der Waals surface area contributed by atoms with Crippen LogP contribution in [-0.4, -0.2) is 6.21 Å². The van der Waals surface area contributed by atoms with Crippen LogP contribution in [0.25, 0.3) is 0 Å². The zero-order valence-electron chi connectivity index (χ0n) is 9.66. The summed E-state index contributed by atoms with van der Waals surface area (Å²) in [6.07, 6.45) is 9.63. The SMILES string of the molecule is Fc1ccc(CO/N=[C]\C2=CCCCC2)cc1. The second-order valence-corrected chi connectivity index (χ2v) is 4.08. The van der Waals surface area contributed by atoms with E-state index >= 15 is 0 Å². The molecule has 0 saturated heterocycles. The fourth-order valence-corrected chi connectivity index (χ4v) is 1.72. The summed E-state index contributed by atoms with van der Waals surface area (Å²) in [6.45, 7) is 0.348. The van der Waals surface area contributed by atoms with Crippen molar-refractivity contribution in [1.82, 2.24) is 0 Å². The number of halogens is 1. The van der Waals surface area contributed by atoms with Crippen LogP contribution >= 0.6 is 0 Å². The first-order valence-electron chi connectivity index (χ1n) is 5.86. The van der Waals surface area contributed by atoms with E-state index in [0.717, 1.165) is 24.0 Å². The second kappa shape index (κ2) is 6.18. The molecule has 0 aliphatic heterocycles. The van der Waals surface area contributed by atoms with Crippen molar-refractivity contribution in [2.75, 3.05) is 0 Å². The molecule has 0 aromatic heterocycles. The van der Waals surface area contributed by atoms with Gasteiger partial charge in [-0.3, -0.25) is 0 Å². The van der Waals surface area contributed by atoms with Crippen molar-refractivity contribution in [1.29, 1.82) is 0 Å². The van der Waals surface area contributed by atoms with Crippen LogP contribution in [0.1, 0.15) is 31.2 Å². The Morgan fingerprint density at radius 1 is 1.24 bits per heavy atom. The summed E-state index contributed by atoms with van der Waals surface area (Å²) in [6, 6.07) is 6.20. The first kappa shape index (κ1) is 11.8. The first-order chi connectivity index (χ1) is 8.34. The van der Waals surface area contributed by atoms with Crippen LogP contribution in [0.4, 0.5) is 4.39 Å². The van der Waals surface area contributed by atoms with Gasteiger partial charge in [0.15, 0.2) is 0 Å². The monoisotopic (exact) mass is 232 g/mol. The average molecular weight is 232 g/mol. The molecule has 0 saturated carbocycles. The van der Waals surface area contributed by atoms with E-state index in [1.807, 2.05) is 0 Å². The fraction of sp³-hybridized carbons (Fsp3) is 0.357. The van der Waals surface area contributed by atoms with Crippen molar-refractivity contribution < 1.29 is 9.23 Å². The normalized spacial score (nSPS) is 15.9. The van der Waals surface area contributed by atoms with E-state index in [1.54, 1.807) is 12.1 Å². The molecule has 0 fully saturated rings. The molecule has 3 heteroatoms. The highest BCUT2D eigenvalue weighted by atomic mass is 19.1. The maximum atomic E-state index is 12.6. The molecule has 0 atom stereocenters. The highest BCUT2D eigenvalue weighted by Crippen LogP contribution is 2.15. The summed E-state index contributed by atoms with van der Waals surface area (Å²) >= 11 is 0. The zero-order chi connectivity index (χ0) is 11.9. The molecular formula is C14H15FNO. The van der Waals surface area contributed by atoms with Crippen LogP contribution in [0, 0.1) is 5.82 Å². The summed E-state index contributed by atoms with van der Waals surface area (Å²) in [7, 11) is 0. The van der Waals surface area contributed by atoms with Gasteiger partial charge >= 0.3 is 0 Å². The van der Waals surface area contributed by atoms with Crippen LogP contribution in [0.15, 0.2) is 41.1 Å². The summed E-state index contributed by atoms with van der Waals surface area (Å²) in [5.41, 5.74) is 2.02. The van der Waals surface area contributed by atoms with E-state index in [1.165, 1.54) is 25.0 Å². The minimum Gasteiger partial charge on any atom is -0.390 e. The van der Waals surface area contributed by atoms with Crippen molar-refractivity contribution in [2.24, 2.45) is 5.16 Å². The lowest BCUT2D eigenvalue weighted by molar-refractivity contribution is 0.132. The standard InChI is InChI=1S/C14H15FNO/c15-14-8-6-13(7-9-14)11-17-16-10-12-4-2-1-3-5-12/h4,6-9H,1-3,5,11H2. The Labute approximate surface area is 101 Å². The van der Waals surface area contributed by atoms with Crippen molar-refractivity contribution in [3.63, 3.8) is 0 Å². The molecule has 0 N–H and O–H groups in total. The Kier molecular flexibility index (Phi) is 4.30. The quantitative estimate of drug-likeness (QED) is 0.573. The van der Waals surface area contributed by atoms with Crippen molar-refractivity contribution in [3.8, 4) is 0 Å². The molecule has 0 heterocycles. The van der Waals surface area contributed by atoms with Crippen LogP contribution in [-0.2, 0) is 11.4 Å². The van der Waals surface area contributed by atoms with Gasteiger partial charge in [0.2, 0.25) is 0 Å². The third kappa shape index (κ3) is 4.02. The van der Waals surface area contributed by atoms with Gasteiger partial charge in [0, 0.05) is 0 Å². The predicted molar refractivity (Wildman–Crippen MR) is 65.2 cm³/mol. The van der Waals surface area contributed by atoms with Gasteiger partial charge < -0.3 is 4.84 Å². The van der Waals surface area contributed by atoms with E-state index < -0.39 is 0 Å². The zero-order valence-corrected chi connectivity index (χ0v) is 9.66. The minimum atomic E-state index is -0.240. The third-order valence-electron chi connectivity index (χ3n) is 2.69. The average Bonchev–Trinajstić information content (AvgIpc) is 2.38. The number of rotatable bonds is 4. The van der Waals surface area contributed by atoms with Crippen molar-refractivity contribution >= 4 is 6.21 Å². The van der Waals surface area contributed by atoms with E-state index in [4.69, 9.17) is 4.84 Å². The fourth-order valence-electron chi connectivity index (χ4n) is 1.72. The Bertz CT molecular complexity index is 409. The summed E-state index contributed by atoms with van der Waals surface area (Å²) in [5.74, 6) is -0.240. The Morgan fingerprint density at radius 3 is 2.76 bits per heavy atom. The van der Waals surface area contributed by atoms with E-state index in [2.05, 4.69) is 17.4 Å². The molecule has 0 spiro atoms. The smallest absolute Gasteiger partial charge is 0.142 e. The summed E-state index contributed by atoms with van der Waals surface area (Å²) in [5, 5.41) is 3.80. The Balaban J connectivity index is 1.77. The number of benzene rings is 1. The molecule has 89 valence electrons. The van der Waals surface area contributed by atoms with Gasteiger partial charge in [0.05, 0.1) is 0 Å². The van der Waals surface area contributed by atoms with Crippen LogP contribution < -0.4 is 0 Å². The molecule has 0 amide bonds. The molecule has 1 aromatic carbocycles. The first-order valence-corrected chi connectivity index (χ1v) is 5.86. The van der Waals surface area contributed by atoms with Crippen LogP contribution in [0.3, 0.4) is 0 Å². The number of hydrogen-bond donors (Lipinski definition) is 0. The van der Waals surface area contributed by atoms with E-state index in [0.29, 0.717) is 6.61 Å². The lowest BCUT2D eigenvalue weighted by Crippen LogP contribution is -1.94. The summed E-state index contributed by atoms with van der Waals surface area (Å²) in [4.78, 5) is 5.11. The summed E-state index contributed by atoms with van der Waals surface area (Å²) < 4.78 is 12.6. The van der Waals surface area contributed by atoms with Crippen LogP contribution in [0.2, 0.25) is 0 Å². The van der Waals surface area contributed by atoms with Gasteiger partial charge in [-0.25, -0.2) is 4.39 Å². The number of nitrogens with zero attached hydrogens (tertiary/aromatic N) is 1. The van der Waals surface area contributed by atoms with Crippen molar-refractivity contribution in [3.05, 3.63) is 47.3 Å². The van der Waals surface area contributed by atoms with Crippen molar-refractivity contribution in [2.45, 2.75) is 32.3 Å². The van der Waals surface area contributed by atoms with E-state index in [9.17, 15) is 4.39 Å². The molecule has 2 nitrogen and oxygen atoms in total. The molecule has 1 aliphatic rings. The minimum absolute atomic E-state index is 0.240. The number of allylic oxidation sites excluding steroid dienone is 2. The highest BCUT2D eigenvalue weighted by molar-refractivity contribution is 5.78. The second-order valence-electron chi connectivity index (χ2n) is 4.08. The maximum Gasteiger partial charge on any atom is 0.142 e. The predicted octanol–water partition coefficient (Wildman–Crippen LogP) is 3.71. The molecular weight excluding hydrogens is 217 g/mol. The van der Waals surface area contributed by atoms with Gasteiger partial charge in [-0.1, -0.05) is 23.4 Å². The number of hydrogen-bond acceptors (Lipinski definition) is 2. The molecule has 17 heavy (non-hydrogen) atoms. The lowest BCUT2D eigenvalue weighted by Gasteiger charge is -2.06. The largest absolute Gasteiger partial charge is 0.390 e. The molecule has 2 rings (SSSR count). The van der Waals surface area contributed by atoms with E-state index in [-0.39, 0.29) is 5.82 Å². The highest BCUT2D eigenvalue weighted by Gasteiger charge is 2.01. The molecule has 1 radical (unpaired) electrons. The van der Waals surface area contributed by atoms with Gasteiger partial charge in [-0.05, 0) is 49.0 Å². The molecule has 0 bridgehead atoms. The molecule has 1 aliphatic carbocycles.